The molecule has 4 nitrogen and oxygen atoms in total. The van der Waals surface area contributed by atoms with Gasteiger partial charge in [-0.15, -0.1) is 0 Å². The Morgan fingerprint density at radius 1 is 1.09 bits per heavy atom. The zero-order chi connectivity index (χ0) is 17.0. The molecule has 0 radical (unpaired) electrons. The van der Waals surface area contributed by atoms with E-state index in [2.05, 4.69) is 25.2 Å². The summed E-state index contributed by atoms with van der Waals surface area (Å²) in [7, 11) is 0. The number of aryl methyl sites for hydroxylation is 1. The van der Waals surface area contributed by atoms with Gasteiger partial charge in [-0.1, -0.05) is 30.3 Å². The Kier molecular flexibility index (Phi) is 5.16. The molecule has 4 heteroatoms. The first-order valence-corrected chi connectivity index (χ1v) is 7.56. The lowest BCUT2D eigenvalue weighted by Crippen LogP contribution is -2.28. The van der Waals surface area contributed by atoms with Gasteiger partial charge in [-0.3, -0.25) is 4.79 Å². The first kappa shape index (κ1) is 16.7. The number of amides is 1. The number of nitrogens with one attached hydrogen (secondary N) is 1. The van der Waals surface area contributed by atoms with Crippen molar-refractivity contribution in [2.45, 2.75) is 33.2 Å². The molecule has 0 saturated heterocycles. The number of carbonyl (C=O) groups is 2. The standard InChI is InChI=1S/C19H21NO3/c1-12-5-4-6-17(13(12)2)14(3)20-18(21)11-15-7-9-16(10-8-15)19(22)23/h4-10,14H,11H2,1-3H3,(H,20,21)(H,22,23). The molecule has 2 N–H and O–H groups in total. The summed E-state index contributed by atoms with van der Waals surface area (Å²) in [6, 6.07) is 12.4. The largest absolute Gasteiger partial charge is 0.478 e. The number of hydrogen-bond acceptors (Lipinski definition) is 2. The van der Waals surface area contributed by atoms with Crippen molar-refractivity contribution in [2.75, 3.05) is 0 Å². The van der Waals surface area contributed by atoms with Crippen LogP contribution in [0.2, 0.25) is 0 Å². The maximum Gasteiger partial charge on any atom is 0.335 e. The van der Waals surface area contributed by atoms with Gasteiger partial charge in [0.25, 0.3) is 0 Å². The summed E-state index contributed by atoms with van der Waals surface area (Å²) >= 11 is 0. The maximum atomic E-state index is 12.2. The fraction of sp³-hybridized carbons (Fsp3) is 0.263. The SMILES string of the molecule is Cc1cccc(C(C)NC(=O)Cc2ccc(C(=O)O)cc2)c1C. The van der Waals surface area contributed by atoms with Gasteiger partial charge >= 0.3 is 5.97 Å². The molecular formula is C19H21NO3. The van der Waals surface area contributed by atoms with Crippen LogP contribution in [0.5, 0.6) is 0 Å². The highest BCUT2D eigenvalue weighted by molar-refractivity contribution is 5.87. The topological polar surface area (TPSA) is 66.4 Å². The van der Waals surface area contributed by atoms with Crippen LogP contribution in [0.1, 0.15) is 45.6 Å². The van der Waals surface area contributed by atoms with Crippen molar-refractivity contribution >= 4 is 11.9 Å². The third kappa shape index (κ3) is 4.19. The summed E-state index contributed by atoms with van der Waals surface area (Å²) in [5, 5.41) is 11.9. The summed E-state index contributed by atoms with van der Waals surface area (Å²) in [4.78, 5) is 23.0. The smallest absolute Gasteiger partial charge is 0.335 e. The molecule has 2 aromatic carbocycles. The van der Waals surface area contributed by atoms with Crippen molar-refractivity contribution < 1.29 is 14.7 Å². The van der Waals surface area contributed by atoms with Crippen LogP contribution < -0.4 is 5.32 Å². The third-order valence-electron chi connectivity index (χ3n) is 4.06. The Balaban J connectivity index is 2.01. The minimum Gasteiger partial charge on any atom is -0.478 e. The van der Waals surface area contributed by atoms with E-state index in [1.54, 1.807) is 12.1 Å². The second-order valence-electron chi connectivity index (χ2n) is 5.76. The van der Waals surface area contributed by atoms with Gasteiger partial charge in [0.05, 0.1) is 18.0 Å². The van der Waals surface area contributed by atoms with E-state index in [-0.39, 0.29) is 23.9 Å². The predicted molar refractivity (Wildman–Crippen MR) is 89.6 cm³/mol. The molecule has 0 fully saturated rings. The van der Waals surface area contributed by atoms with Crippen LogP contribution in [-0.2, 0) is 11.2 Å². The number of carbonyl (C=O) groups excluding carboxylic acids is 1. The van der Waals surface area contributed by atoms with Gasteiger partial charge in [0, 0.05) is 0 Å². The van der Waals surface area contributed by atoms with Gasteiger partial charge < -0.3 is 10.4 Å². The highest BCUT2D eigenvalue weighted by Gasteiger charge is 2.13. The van der Waals surface area contributed by atoms with Gasteiger partial charge in [-0.05, 0) is 55.2 Å². The molecule has 0 aliphatic rings. The molecule has 0 aliphatic carbocycles. The molecule has 0 aliphatic heterocycles. The van der Waals surface area contributed by atoms with Crippen LogP contribution in [0, 0.1) is 13.8 Å². The van der Waals surface area contributed by atoms with Crippen molar-refractivity contribution in [2.24, 2.45) is 0 Å². The molecule has 2 rings (SSSR count). The fourth-order valence-corrected chi connectivity index (χ4v) is 2.56. The zero-order valence-corrected chi connectivity index (χ0v) is 13.6. The Hall–Kier alpha value is -2.62. The number of hydrogen-bond donors (Lipinski definition) is 2. The summed E-state index contributed by atoms with van der Waals surface area (Å²) in [5.41, 5.74) is 4.51. The Bertz CT molecular complexity index is 720. The lowest BCUT2D eigenvalue weighted by molar-refractivity contribution is -0.121. The highest BCUT2D eigenvalue weighted by atomic mass is 16.4. The second kappa shape index (κ2) is 7.09. The van der Waals surface area contributed by atoms with Gasteiger partial charge in [0.1, 0.15) is 0 Å². The molecule has 23 heavy (non-hydrogen) atoms. The average Bonchev–Trinajstić information content (AvgIpc) is 2.50. The third-order valence-corrected chi connectivity index (χ3v) is 4.06. The molecule has 0 bridgehead atoms. The molecule has 2 aromatic rings. The summed E-state index contributed by atoms with van der Waals surface area (Å²) in [5.74, 6) is -1.05. The summed E-state index contributed by atoms with van der Waals surface area (Å²) < 4.78 is 0. The van der Waals surface area contributed by atoms with E-state index in [0.29, 0.717) is 0 Å². The normalized spacial score (nSPS) is 11.8. The summed E-state index contributed by atoms with van der Waals surface area (Å²) in [6.07, 6.45) is 0.231. The van der Waals surface area contributed by atoms with Gasteiger partial charge in [-0.2, -0.15) is 0 Å². The van der Waals surface area contributed by atoms with E-state index in [0.717, 1.165) is 11.1 Å². The van der Waals surface area contributed by atoms with E-state index in [9.17, 15) is 9.59 Å². The van der Waals surface area contributed by atoms with Crippen molar-refractivity contribution in [3.8, 4) is 0 Å². The number of benzene rings is 2. The lowest BCUT2D eigenvalue weighted by Gasteiger charge is -2.18. The molecule has 0 aromatic heterocycles. The molecule has 0 saturated carbocycles. The highest BCUT2D eigenvalue weighted by Crippen LogP contribution is 2.20. The van der Waals surface area contributed by atoms with Crippen molar-refractivity contribution in [1.82, 2.24) is 5.32 Å². The van der Waals surface area contributed by atoms with Crippen LogP contribution in [0.15, 0.2) is 42.5 Å². The predicted octanol–water partition coefficient (Wildman–Crippen LogP) is 3.42. The molecular weight excluding hydrogens is 290 g/mol. The van der Waals surface area contributed by atoms with Crippen molar-refractivity contribution in [1.29, 1.82) is 0 Å². The van der Waals surface area contributed by atoms with Crippen LogP contribution in [0.3, 0.4) is 0 Å². The zero-order valence-electron chi connectivity index (χ0n) is 13.6. The molecule has 1 atom stereocenters. The van der Waals surface area contributed by atoms with Gasteiger partial charge in [0.15, 0.2) is 0 Å². The molecule has 120 valence electrons. The van der Waals surface area contributed by atoms with E-state index in [1.165, 1.54) is 23.3 Å². The average molecular weight is 311 g/mol. The van der Waals surface area contributed by atoms with Crippen molar-refractivity contribution in [3.05, 3.63) is 70.3 Å². The molecule has 0 spiro atoms. The number of aromatic carboxylic acids is 1. The van der Waals surface area contributed by atoms with E-state index in [4.69, 9.17) is 5.11 Å². The lowest BCUT2D eigenvalue weighted by atomic mass is 9.98. The Morgan fingerprint density at radius 2 is 1.74 bits per heavy atom. The van der Waals surface area contributed by atoms with Crippen LogP contribution in [-0.4, -0.2) is 17.0 Å². The number of carboxylic acids is 1. The fourth-order valence-electron chi connectivity index (χ4n) is 2.56. The molecule has 1 amide bonds. The molecule has 0 heterocycles. The molecule has 1 unspecified atom stereocenters. The summed E-state index contributed by atoms with van der Waals surface area (Å²) in [6.45, 7) is 6.07. The monoisotopic (exact) mass is 311 g/mol. The first-order chi connectivity index (χ1) is 10.9. The minimum atomic E-state index is -0.968. The quantitative estimate of drug-likeness (QED) is 0.889. The van der Waals surface area contributed by atoms with Gasteiger partial charge in [0.2, 0.25) is 5.91 Å². The Labute approximate surface area is 136 Å². The van der Waals surface area contributed by atoms with Gasteiger partial charge in [-0.25, -0.2) is 4.79 Å². The van der Waals surface area contributed by atoms with Crippen LogP contribution in [0.25, 0.3) is 0 Å². The minimum absolute atomic E-state index is 0.0688. The number of rotatable bonds is 5. The Morgan fingerprint density at radius 3 is 2.35 bits per heavy atom. The van der Waals surface area contributed by atoms with E-state index >= 15 is 0 Å². The number of carboxylic acid groups (broad SMARTS) is 1. The van der Waals surface area contributed by atoms with Crippen LogP contribution >= 0.6 is 0 Å². The van der Waals surface area contributed by atoms with E-state index in [1.807, 2.05) is 19.1 Å². The van der Waals surface area contributed by atoms with Crippen molar-refractivity contribution in [3.63, 3.8) is 0 Å². The second-order valence-corrected chi connectivity index (χ2v) is 5.76. The first-order valence-electron chi connectivity index (χ1n) is 7.56. The maximum absolute atomic E-state index is 12.2. The van der Waals surface area contributed by atoms with E-state index < -0.39 is 5.97 Å². The van der Waals surface area contributed by atoms with Crippen LogP contribution in [0.4, 0.5) is 0 Å².